The quantitative estimate of drug-likeness (QED) is 0.556. The van der Waals surface area contributed by atoms with Crippen molar-refractivity contribution in [2.45, 2.75) is 51.4 Å². The summed E-state index contributed by atoms with van der Waals surface area (Å²) in [5.74, 6) is -0.554. The highest BCUT2D eigenvalue weighted by molar-refractivity contribution is 5.95. The molecule has 3 aromatic rings. The number of carboxylic acid groups (broad SMARTS) is 1. The Kier molecular flexibility index (Phi) is 4.04. The first kappa shape index (κ1) is 18.5. The molecule has 2 N–H and O–H groups in total. The Labute approximate surface area is 165 Å². The number of hydrogen-bond donors (Lipinski definition) is 2. The lowest BCUT2D eigenvalue weighted by atomic mass is 9.62. The molecule has 1 aliphatic rings. The SMILES string of the molecule is CC1(C)CCC(C)(C)c2c(O)cc(-c3ccc4cc(C(=O)O)ccc4c3)cc21. The summed E-state index contributed by atoms with van der Waals surface area (Å²) in [6.45, 7) is 8.91. The van der Waals surface area contributed by atoms with Crippen LogP contribution >= 0.6 is 0 Å². The maximum Gasteiger partial charge on any atom is 0.335 e. The van der Waals surface area contributed by atoms with Gasteiger partial charge in [-0.2, -0.15) is 0 Å². The summed E-state index contributed by atoms with van der Waals surface area (Å²) in [7, 11) is 0. The van der Waals surface area contributed by atoms with E-state index >= 15 is 0 Å². The molecular formula is C25H26O3. The van der Waals surface area contributed by atoms with Crippen LogP contribution in [0.3, 0.4) is 0 Å². The number of rotatable bonds is 2. The van der Waals surface area contributed by atoms with E-state index in [9.17, 15) is 15.0 Å². The molecule has 4 rings (SSSR count). The van der Waals surface area contributed by atoms with E-state index in [0.717, 1.165) is 40.3 Å². The lowest BCUT2D eigenvalue weighted by Gasteiger charge is -2.42. The fourth-order valence-electron chi connectivity index (χ4n) is 4.48. The Morgan fingerprint density at radius 3 is 2.18 bits per heavy atom. The first-order chi connectivity index (χ1) is 13.1. The van der Waals surface area contributed by atoms with Crippen LogP contribution in [0.4, 0.5) is 0 Å². The number of carbonyl (C=O) groups is 1. The monoisotopic (exact) mass is 374 g/mol. The molecule has 3 heteroatoms. The number of benzene rings is 3. The normalized spacial score (nSPS) is 17.3. The highest BCUT2D eigenvalue weighted by atomic mass is 16.4. The third-order valence-electron chi connectivity index (χ3n) is 6.32. The first-order valence-electron chi connectivity index (χ1n) is 9.74. The van der Waals surface area contributed by atoms with Crippen LogP contribution in [-0.2, 0) is 10.8 Å². The van der Waals surface area contributed by atoms with Gasteiger partial charge in [-0.3, -0.25) is 0 Å². The minimum absolute atomic E-state index is 0.0194. The second-order valence-corrected chi connectivity index (χ2v) is 9.27. The second-order valence-electron chi connectivity index (χ2n) is 9.27. The van der Waals surface area contributed by atoms with Crippen LogP contribution < -0.4 is 0 Å². The molecule has 1 aliphatic carbocycles. The average molecular weight is 374 g/mol. The van der Waals surface area contributed by atoms with Gasteiger partial charge in [-0.1, -0.05) is 52.0 Å². The summed E-state index contributed by atoms with van der Waals surface area (Å²) in [4.78, 5) is 11.2. The molecule has 3 nitrogen and oxygen atoms in total. The van der Waals surface area contributed by atoms with E-state index in [1.807, 2.05) is 24.3 Å². The zero-order valence-corrected chi connectivity index (χ0v) is 16.8. The smallest absolute Gasteiger partial charge is 0.335 e. The van der Waals surface area contributed by atoms with E-state index in [-0.39, 0.29) is 16.4 Å². The van der Waals surface area contributed by atoms with Crippen LogP contribution in [0.15, 0.2) is 48.5 Å². The van der Waals surface area contributed by atoms with E-state index in [0.29, 0.717) is 5.75 Å². The van der Waals surface area contributed by atoms with Crippen molar-refractivity contribution in [3.63, 3.8) is 0 Å². The molecule has 0 spiro atoms. The van der Waals surface area contributed by atoms with E-state index in [1.54, 1.807) is 12.1 Å². The van der Waals surface area contributed by atoms with Crippen LogP contribution in [-0.4, -0.2) is 16.2 Å². The molecule has 0 bridgehead atoms. The van der Waals surface area contributed by atoms with Crippen molar-refractivity contribution >= 4 is 16.7 Å². The summed E-state index contributed by atoms with van der Waals surface area (Å²) in [5, 5.41) is 22.0. The van der Waals surface area contributed by atoms with Gasteiger partial charge in [-0.25, -0.2) is 4.79 Å². The Bertz CT molecular complexity index is 1110. The molecule has 0 aliphatic heterocycles. The highest BCUT2D eigenvalue weighted by Crippen LogP contribution is 2.50. The van der Waals surface area contributed by atoms with Crippen molar-refractivity contribution in [2.75, 3.05) is 0 Å². The molecular weight excluding hydrogens is 348 g/mol. The third kappa shape index (κ3) is 2.95. The minimum Gasteiger partial charge on any atom is -0.508 e. The summed E-state index contributed by atoms with van der Waals surface area (Å²) >= 11 is 0. The average Bonchev–Trinajstić information content (AvgIpc) is 2.64. The molecule has 0 saturated heterocycles. The topological polar surface area (TPSA) is 57.5 Å². The zero-order chi connectivity index (χ0) is 20.3. The van der Waals surface area contributed by atoms with Crippen LogP contribution in [0.1, 0.15) is 62.0 Å². The minimum atomic E-state index is -0.921. The second kappa shape index (κ2) is 6.10. The maximum atomic E-state index is 11.2. The van der Waals surface area contributed by atoms with Gasteiger partial charge in [0.1, 0.15) is 5.75 Å². The highest BCUT2D eigenvalue weighted by Gasteiger charge is 2.39. The van der Waals surface area contributed by atoms with Crippen molar-refractivity contribution in [2.24, 2.45) is 0 Å². The number of hydrogen-bond acceptors (Lipinski definition) is 2. The summed E-state index contributed by atoms with van der Waals surface area (Å²) < 4.78 is 0. The van der Waals surface area contributed by atoms with E-state index < -0.39 is 5.97 Å². The van der Waals surface area contributed by atoms with Crippen molar-refractivity contribution in [1.29, 1.82) is 0 Å². The molecule has 0 amide bonds. The van der Waals surface area contributed by atoms with Gasteiger partial charge in [0.25, 0.3) is 0 Å². The van der Waals surface area contributed by atoms with Crippen LogP contribution in [0.5, 0.6) is 5.75 Å². The number of aromatic carboxylic acids is 1. The molecule has 0 radical (unpaired) electrons. The van der Waals surface area contributed by atoms with Crippen LogP contribution in [0.25, 0.3) is 21.9 Å². The molecule has 144 valence electrons. The number of fused-ring (bicyclic) bond motifs is 2. The van der Waals surface area contributed by atoms with Crippen molar-refractivity contribution < 1.29 is 15.0 Å². The predicted octanol–water partition coefficient (Wildman–Crippen LogP) is 6.26. The summed E-state index contributed by atoms with van der Waals surface area (Å²) in [6, 6.07) is 15.3. The number of phenols is 1. The predicted molar refractivity (Wildman–Crippen MR) is 113 cm³/mol. The standard InChI is InChI=1S/C25H26O3/c1-24(2)9-10-25(3,4)22-20(24)13-19(14-21(22)26)17-6-5-16-12-18(23(27)28)8-7-15(16)11-17/h5-8,11-14,26H,9-10H2,1-4H3,(H,27,28). The number of carboxylic acids is 1. The van der Waals surface area contributed by atoms with Crippen molar-refractivity contribution in [3.05, 3.63) is 65.2 Å². The van der Waals surface area contributed by atoms with Gasteiger partial charge in [-0.05, 0) is 75.4 Å². The maximum absolute atomic E-state index is 11.2. The molecule has 0 atom stereocenters. The first-order valence-corrected chi connectivity index (χ1v) is 9.74. The fourth-order valence-corrected chi connectivity index (χ4v) is 4.48. The lowest BCUT2D eigenvalue weighted by Crippen LogP contribution is -2.33. The molecule has 28 heavy (non-hydrogen) atoms. The van der Waals surface area contributed by atoms with E-state index in [1.165, 1.54) is 5.56 Å². The third-order valence-corrected chi connectivity index (χ3v) is 6.32. The Balaban J connectivity index is 1.87. The van der Waals surface area contributed by atoms with E-state index in [2.05, 4.69) is 39.8 Å². The fraction of sp³-hybridized carbons (Fsp3) is 0.320. The number of aromatic hydroxyl groups is 1. The van der Waals surface area contributed by atoms with E-state index in [4.69, 9.17) is 0 Å². The van der Waals surface area contributed by atoms with Crippen LogP contribution in [0.2, 0.25) is 0 Å². The summed E-state index contributed by atoms with van der Waals surface area (Å²) in [6.07, 6.45) is 2.15. The van der Waals surface area contributed by atoms with Gasteiger partial charge >= 0.3 is 5.97 Å². The van der Waals surface area contributed by atoms with Gasteiger partial charge in [-0.15, -0.1) is 0 Å². The van der Waals surface area contributed by atoms with Gasteiger partial charge in [0.05, 0.1) is 5.56 Å². The largest absolute Gasteiger partial charge is 0.508 e. The molecule has 3 aromatic carbocycles. The molecule has 0 aromatic heterocycles. The van der Waals surface area contributed by atoms with Gasteiger partial charge < -0.3 is 10.2 Å². The number of phenolic OH excluding ortho intramolecular Hbond substituents is 1. The Morgan fingerprint density at radius 1 is 0.821 bits per heavy atom. The van der Waals surface area contributed by atoms with Crippen molar-refractivity contribution in [3.8, 4) is 16.9 Å². The zero-order valence-electron chi connectivity index (χ0n) is 16.8. The van der Waals surface area contributed by atoms with Crippen molar-refractivity contribution in [1.82, 2.24) is 0 Å². The molecule has 0 fully saturated rings. The Hall–Kier alpha value is -2.81. The van der Waals surface area contributed by atoms with Gasteiger partial charge in [0.15, 0.2) is 0 Å². The molecule has 0 saturated carbocycles. The van der Waals surface area contributed by atoms with Gasteiger partial charge in [0, 0.05) is 5.56 Å². The molecule has 0 unspecified atom stereocenters. The lowest BCUT2D eigenvalue weighted by molar-refractivity contribution is 0.0697. The summed E-state index contributed by atoms with van der Waals surface area (Å²) in [5.41, 5.74) is 4.57. The Morgan fingerprint density at radius 2 is 1.46 bits per heavy atom. The molecule has 0 heterocycles. The van der Waals surface area contributed by atoms with Crippen LogP contribution in [0, 0.1) is 0 Å². The van der Waals surface area contributed by atoms with Gasteiger partial charge in [0.2, 0.25) is 0 Å².